The van der Waals surface area contributed by atoms with Gasteiger partial charge in [0.05, 0.1) is 21.8 Å². The molecular formula is C17H17ClN4O2. The molecule has 1 aliphatic heterocycles. The average molecular weight is 345 g/mol. The Bertz CT molecular complexity index is 826. The SMILES string of the molecule is CCCN1C=C(n2cc(-c3ccc([N+](=O)[O-])cc3Cl)cn2)C=CC1. The molecule has 2 heterocycles. The van der Waals surface area contributed by atoms with Crippen LogP contribution in [-0.4, -0.2) is 32.7 Å². The van der Waals surface area contributed by atoms with Gasteiger partial charge < -0.3 is 4.90 Å². The van der Waals surface area contributed by atoms with Gasteiger partial charge in [-0.15, -0.1) is 0 Å². The molecule has 2 aromatic rings. The average Bonchev–Trinajstić information content (AvgIpc) is 3.05. The lowest BCUT2D eigenvalue weighted by Crippen LogP contribution is -2.21. The van der Waals surface area contributed by atoms with E-state index in [1.54, 1.807) is 16.9 Å². The van der Waals surface area contributed by atoms with Gasteiger partial charge in [0.2, 0.25) is 0 Å². The van der Waals surface area contributed by atoms with Gasteiger partial charge in [0.15, 0.2) is 0 Å². The Hall–Kier alpha value is -2.60. The van der Waals surface area contributed by atoms with Crippen molar-refractivity contribution in [2.24, 2.45) is 0 Å². The summed E-state index contributed by atoms with van der Waals surface area (Å²) in [4.78, 5) is 12.6. The minimum absolute atomic E-state index is 0.0238. The number of nitrogens with zero attached hydrogens (tertiary/aromatic N) is 4. The zero-order valence-electron chi connectivity index (χ0n) is 13.2. The molecule has 7 heteroatoms. The Morgan fingerprint density at radius 3 is 2.96 bits per heavy atom. The number of nitro benzene ring substituents is 1. The van der Waals surface area contributed by atoms with Crippen LogP contribution in [0, 0.1) is 10.1 Å². The minimum atomic E-state index is -0.459. The topological polar surface area (TPSA) is 64.2 Å². The van der Waals surface area contributed by atoms with E-state index in [-0.39, 0.29) is 5.69 Å². The van der Waals surface area contributed by atoms with E-state index in [1.807, 2.05) is 12.3 Å². The molecule has 0 radical (unpaired) electrons. The predicted molar refractivity (Wildman–Crippen MR) is 94.6 cm³/mol. The third-order valence-electron chi connectivity index (χ3n) is 3.78. The van der Waals surface area contributed by atoms with Crippen molar-refractivity contribution in [3.05, 3.63) is 64.1 Å². The number of hydrogen-bond acceptors (Lipinski definition) is 4. The second-order valence-corrected chi connectivity index (χ2v) is 5.95. The highest BCUT2D eigenvalue weighted by Crippen LogP contribution is 2.31. The minimum Gasteiger partial charge on any atom is -0.372 e. The molecule has 0 amide bonds. The van der Waals surface area contributed by atoms with E-state index in [4.69, 9.17) is 11.6 Å². The van der Waals surface area contributed by atoms with Crippen LogP contribution in [0.3, 0.4) is 0 Å². The molecule has 0 aliphatic carbocycles. The number of benzene rings is 1. The largest absolute Gasteiger partial charge is 0.372 e. The number of non-ortho nitro benzene ring substituents is 1. The normalized spacial score (nSPS) is 13.9. The maximum atomic E-state index is 10.8. The maximum absolute atomic E-state index is 10.8. The predicted octanol–water partition coefficient (Wildman–Crippen LogP) is 4.19. The van der Waals surface area contributed by atoms with Crippen LogP contribution in [0.2, 0.25) is 5.02 Å². The van der Waals surface area contributed by atoms with Gasteiger partial charge in [-0.25, -0.2) is 4.68 Å². The van der Waals surface area contributed by atoms with Crippen molar-refractivity contribution in [3.63, 3.8) is 0 Å². The van der Waals surface area contributed by atoms with Gasteiger partial charge in [-0.3, -0.25) is 10.1 Å². The van der Waals surface area contributed by atoms with E-state index in [9.17, 15) is 10.1 Å². The molecule has 0 spiro atoms. The molecule has 0 unspecified atom stereocenters. The van der Waals surface area contributed by atoms with E-state index in [1.165, 1.54) is 12.1 Å². The van der Waals surface area contributed by atoms with Gasteiger partial charge in [-0.1, -0.05) is 24.6 Å². The fraction of sp³-hybridized carbons (Fsp3) is 0.235. The first-order valence-corrected chi connectivity index (χ1v) is 8.08. The summed E-state index contributed by atoms with van der Waals surface area (Å²) >= 11 is 6.19. The Morgan fingerprint density at radius 2 is 2.25 bits per heavy atom. The summed E-state index contributed by atoms with van der Waals surface area (Å²) in [6.07, 6.45) is 10.9. The third kappa shape index (κ3) is 3.33. The second kappa shape index (κ2) is 6.88. The highest BCUT2D eigenvalue weighted by atomic mass is 35.5. The van der Waals surface area contributed by atoms with Crippen LogP contribution in [-0.2, 0) is 0 Å². The number of halogens is 1. The molecule has 0 N–H and O–H groups in total. The van der Waals surface area contributed by atoms with Gasteiger partial charge >= 0.3 is 0 Å². The smallest absolute Gasteiger partial charge is 0.270 e. The van der Waals surface area contributed by atoms with Crippen LogP contribution >= 0.6 is 11.6 Å². The lowest BCUT2D eigenvalue weighted by Gasteiger charge is -2.22. The lowest BCUT2D eigenvalue weighted by atomic mass is 10.1. The van der Waals surface area contributed by atoms with E-state index >= 15 is 0 Å². The van der Waals surface area contributed by atoms with Gasteiger partial charge in [0.25, 0.3) is 5.69 Å². The molecule has 1 aromatic carbocycles. The summed E-state index contributed by atoms with van der Waals surface area (Å²) in [6.45, 7) is 4.05. The van der Waals surface area contributed by atoms with Crippen LogP contribution in [0.15, 0.2) is 48.9 Å². The van der Waals surface area contributed by atoms with Crippen molar-refractivity contribution in [1.82, 2.24) is 14.7 Å². The first-order chi connectivity index (χ1) is 11.6. The molecule has 24 heavy (non-hydrogen) atoms. The molecule has 3 rings (SSSR count). The van der Waals surface area contributed by atoms with Crippen LogP contribution in [0.4, 0.5) is 5.69 Å². The molecule has 124 valence electrons. The van der Waals surface area contributed by atoms with Crippen LogP contribution in [0.1, 0.15) is 13.3 Å². The fourth-order valence-corrected chi connectivity index (χ4v) is 2.91. The summed E-state index contributed by atoms with van der Waals surface area (Å²) in [5.41, 5.74) is 2.49. The lowest BCUT2D eigenvalue weighted by molar-refractivity contribution is -0.384. The van der Waals surface area contributed by atoms with E-state index in [2.05, 4.69) is 29.2 Å². The van der Waals surface area contributed by atoms with Gasteiger partial charge in [-0.05, 0) is 18.6 Å². The fourth-order valence-electron chi connectivity index (χ4n) is 2.63. The summed E-state index contributed by atoms with van der Waals surface area (Å²) < 4.78 is 1.78. The zero-order valence-corrected chi connectivity index (χ0v) is 14.0. The molecule has 0 fully saturated rings. The van der Waals surface area contributed by atoms with Crippen LogP contribution in [0.25, 0.3) is 16.8 Å². The molecular weight excluding hydrogens is 328 g/mol. The van der Waals surface area contributed by atoms with Crippen molar-refractivity contribution in [2.75, 3.05) is 13.1 Å². The number of nitro groups is 1. The van der Waals surface area contributed by atoms with Crippen LogP contribution in [0.5, 0.6) is 0 Å². The molecule has 6 nitrogen and oxygen atoms in total. The van der Waals surface area contributed by atoms with Crippen molar-refractivity contribution in [1.29, 1.82) is 0 Å². The zero-order chi connectivity index (χ0) is 17.1. The van der Waals surface area contributed by atoms with Crippen molar-refractivity contribution in [2.45, 2.75) is 13.3 Å². The quantitative estimate of drug-likeness (QED) is 0.602. The maximum Gasteiger partial charge on any atom is 0.270 e. The molecule has 0 saturated carbocycles. The Balaban J connectivity index is 1.88. The Kier molecular flexibility index (Phi) is 4.66. The summed E-state index contributed by atoms with van der Waals surface area (Å²) in [6, 6.07) is 4.45. The van der Waals surface area contributed by atoms with Crippen LogP contribution < -0.4 is 0 Å². The Morgan fingerprint density at radius 1 is 1.42 bits per heavy atom. The molecule has 1 aliphatic rings. The molecule has 0 atom stereocenters. The number of rotatable bonds is 5. The van der Waals surface area contributed by atoms with Gasteiger partial charge in [0, 0.05) is 48.7 Å². The number of allylic oxidation sites excluding steroid dienone is 2. The van der Waals surface area contributed by atoms with Gasteiger partial charge in [-0.2, -0.15) is 5.10 Å². The van der Waals surface area contributed by atoms with Gasteiger partial charge in [0.1, 0.15) is 0 Å². The summed E-state index contributed by atoms with van der Waals surface area (Å²) in [5.74, 6) is 0. The summed E-state index contributed by atoms with van der Waals surface area (Å²) in [7, 11) is 0. The van der Waals surface area contributed by atoms with Crippen molar-refractivity contribution >= 4 is 23.0 Å². The standard InChI is InChI=1S/C17H17ClN4O2/c1-2-7-20-8-3-4-15(12-20)21-11-13(10-19-21)16-6-5-14(22(23)24)9-17(16)18/h3-6,9-12H,2,7-8H2,1H3. The summed E-state index contributed by atoms with van der Waals surface area (Å²) in [5, 5.41) is 15.5. The monoisotopic (exact) mass is 344 g/mol. The highest BCUT2D eigenvalue weighted by Gasteiger charge is 2.13. The third-order valence-corrected chi connectivity index (χ3v) is 4.09. The highest BCUT2D eigenvalue weighted by molar-refractivity contribution is 6.33. The number of aromatic nitrogens is 2. The Labute approximate surface area is 144 Å². The number of hydrogen-bond donors (Lipinski definition) is 0. The van der Waals surface area contributed by atoms with Crippen molar-refractivity contribution < 1.29 is 4.92 Å². The molecule has 0 bridgehead atoms. The first kappa shape index (κ1) is 16.3. The molecule has 0 saturated heterocycles. The van der Waals surface area contributed by atoms with E-state index < -0.39 is 4.92 Å². The van der Waals surface area contributed by atoms with E-state index in [0.717, 1.165) is 36.3 Å². The van der Waals surface area contributed by atoms with Crippen molar-refractivity contribution in [3.8, 4) is 11.1 Å². The van der Waals surface area contributed by atoms with E-state index in [0.29, 0.717) is 5.02 Å². The second-order valence-electron chi connectivity index (χ2n) is 5.55. The molecule has 1 aromatic heterocycles. The first-order valence-electron chi connectivity index (χ1n) is 7.70.